The molecule has 1 aliphatic carbocycles. The van der Waals surface area contributed by atoms with Gasteiger partial charge in [0, 0.05) is 19.6 Å². The van der Waals surface area contributed by atoms with E-state index in [4.69, 9.17) is 5.73 Å². The second-order valence-electron chi connectivity index (χ2n) is 6.02. The van der Waals surface area contributed by atoms with E-state index in [1.54, 1.807) is 0 Å². The molecule has 2 bridgehead atoms. The molecule has 3 rings (SSSR count). The van der Waals surface area contributed by atoms with Crippen LogP contribution < -0.4 is 5.73 Å². The first-order valence-corrected chi connectivity index (χ1v) is 7.33. The van der Waals surface area contributed by atoms with Crippen LogP contribution in [0, 0.1) is 17.8 Å². The van der Waals surface area contributed by atoms with Crippen LogP contribution >= 0.6 is 0 Å². The van der Waals surface area contributed by atoms with Gasteiger partial charge in [0.2, 0.25) is 0 Å². The van der Waals surface area contributed by atoms with Crippen molar-refractivity contribution < 1.29 is 0 Å². The predicted molar refractivity (Wildman–Crippen MR) is 75.1 cm³/mol. The van der Waals surface area contributed by atoms with Gasteiger partial charge in [-0.05, 0) is 49.1 Å². The van der Waals surface area contributed by atoms with E-state index in [1.165, 1.54) is 37.9 Å². The summed E-state index contributed by atoms with van der Waals surface area (Å²) in [5, 5.41) is 0. The highest BCUT2D eigenvalue weighted by Crippen LogP contribution is 2.43. The van der Waals surface area contributed by atoms with E-state index in [0.717, 1.165) is 30.8 Å². The molecule has 0 spiro atoms. The fraction of sp³-hybridized carbons (Fsp3) is 0.625. The number of piperidine rings is 1. The molecule has 0 amide bonds. The number of hydrogen-bond acceptors (Lipinski definition) is 2. The monoisotopic (exact) mass is 244 g/mol. The quantitative estimate of drug-likeness (QED) is 0.881. The zero-order valence-corrected chi connectivity index (χ0v) is 11.1. The normalized spacial score (nSPS) is 31.7. The number of rotatable bonds is 4. The van der Waals surface area contributed by atoms with Crippen molar-refractivity contribution in [1.82, 2.24) is 4.90 Å². The topological polar surface area (TPSA) is 29.3 Å². The second-order valence-corrected chi connectivity index (χ2v) is 6.02. The molecule has 1 saturated carbocycles. The fourth-order valence-corrected chi connectivity index (χ4v) is 4.07. The van der Waals surface area contributed by atoms with E-state index < -0.39 is 0 Å². The van der Waals surface area contributed by atoms with E-state index in [2.05, 4.69) is 35.2 Å². The van der Waals surface area contributed by atoms with Gasteiger partial charge in [-0.3, -0.25) is 4.90 Å². The first kappa shape index (κ1) is 12.2. The molecule has 18 heavy (non-hydrogen) atoms. The minimum Gasteiger partial charge on any atom is -0.330 e. The molecule has 2 fully saturated rings. The first-order valence-electron chi connectivity index (χ1n) is 7.33. The maximum Gasteiger partial charge on any atom is 0.0233 e. The lowest BCUT2D eigenvalue weighted by Crippen LogP contribution is -2.41. The van der Waals surface area contributed by atoms with E-state index in [-0.39, 0.29) is 0 Å². The molecule has 2 nitrogen and oxygen atoms in total. The summed E-state index contributed by atoms with van der Waals surface area (Å²) in [6.45, 7) is 4.58. The molecule has 1 aromatic rings. The Hall–Kier alpha value is -0.860. The Kier molecular flexibility index (Phi) is 3.67. The summed E-state index contributed by atoms with van der Waals surface area (Å²) >= 11 is 0. The third-order valence-corrected chi connectivity index (χ3v) is 4.85. The van der Waals surface area contributed by atoms with Crippen molar-refractivity contribution in [3.63, 3.8) is 0 Å². The van der Waals surface area contributed by atoms with Gasteiger partial charge in [-0.2, -0.15) is 0 Å². The van der Waals surface area contributed by atoms with Crippen molar-refractivity contribution in [1.29, 1.82) is 0 Å². The third kappa shape index (κ3) is 2.45. The number of likely N-dealkylation sites (tertiary alicyclic amines) is 1. The number of hydrogen-bond donors (Lipinski definition) is 1. The van der Waals surface area contributed by atoms with E-state index in [1.807, 2.05) is 0 Å². The van der Waals surface area contributed by atoms with E-state index >= 15 is 0 Å². The smallest absolute Gasteiger partial charge is 0.0233 e. The molecule has 98 valence electrons. The molecule has 0 radical (unpaired) electrons. The molecule has 1 heterocycles. The number of nitrogens with zero attached hydrogens (tertiary/aromatic N) is 1. The summed E-state index contributed by atoms with van der Waals surface area (Å²) < 4.78 is 0. The Morgan fingerprint density at radius 1 is 1.06 bits per heavy atom. The Labute approximate surface area is 110 Å². The zero-order valence-electron chi connectivity index (χ0n) is 11.1. The van der Waals surface area contributed by atoms with Crippen LogP contribution in [-0.2, 0) is 6.54 Å². The second kappa shape index (κ2) is 5.41. The minimum absolute atomic E-state index is 0.871. The molecule has 1 saturated heterocycles. The lowest BCUT2D eigenvalue weighted by molar-refractivity contribution is 0.0993. The van der Waals surface area contributed by atoms with Crippen molar-refractivity contribution >= 4 is 0 Å². The van der Waals surface area contributed by atoms with Crippen molar-refractivity contribution in [3.05, 3.63) is 35.9 Å². The summed E-state index contributed by atoms with van der Waals surface area (Å²) in [4.78, 5) is 2.66. The molecular weight excluding hydrogens is 220 g/mol. The van der Waals surface area contributed by atoms with Crippen molar-refractivity contribution in [2.24, 2.45) is 23.5 Å². The molecule has 2 aliphatic rings. The fourth-order valence-electron chi connectivity index (χ4n) is 4.07. The average Bonchev–Trinajstić information content (AvgIpc) is 2.63. The summed E-state index contributed by atoms with van der Waals surface area (Å²) in [5.41, 5.74) is 7.21. The lowest BCUT2D eigenvalue weighted by Gasteiger charge is -2.38. The van der Waals surface area contributed by atoms with Gasteiger partial charge in [-0.25, -0.2) is 0 Å². The van der Waals surface area contributed by atoms with Crippen LogP contribution in [-0.4, -0.2) is 24.5 Å². The van der Waals surface area contributed by atoms with Gasteiger partial charge in [0.15, 0.2) is 0 Å². The highest BCUT2D eigenvalue weighted by Gasteiger charge is 2.40. The average molecular weight is 244 g/mol. The largest absolute Gasteiger partial charge is 0.330 e. The Balaban J connectivity index is 1.62. The molecule has 2 N–H and O–H groups in total. The SMILES string of the molecule is NCCC1C2CCC1CN(Cc1ccccc1)C2. The van der Waals surface area contributed by atoms with Crippen LogP contribution in [0.2, 0.25) is 0 Å². The Morgan fingerprint density at radius 3 is 2.33 bits per heavy atom. The summed E-state index contributed by atoms with van der Waals surface area (Å²) in [7, 11) is 0. The highest BCUT2D eigenvalue weighted by atomic mass is 15.1. The van der Waals surface area contributed by atoms with Crippen LogP contribution in [0.25, 0.3) is 0 Å². The van der Waals surface area contributed by atoms with Crippen LogP contribution in [0.4, 0.5) is 0 Å². The molecule has 2 atom stereocenters. The maximum atomic E-state index is 5.76. The van der Waals surface area contributed by atoms with Crippen molar-refractivity contribution in [2.45, 2.75) is 25.8 Å². The van der Waals surface area contributed by atoms with Gasteiger partial charge in [0.25, 0.3) is 0 Å². The van der Waals surface area contributed by atoms with Gasteiger partial charge in [0.05, 0.1) is 0 Å². The number of benzene rings is 1. The van der Waals surface area contributed by atoms with Gasteiger partial charge in [-0.1, -0.05) is 30.3 Å². The van der Waals surface area contributed by atoms with Gasteiger partial charge in [0.1, 0.15) is 0 Å². The number of nitrogens with two attached hydrogens (primary N) is 1. The Morgan fingerprint density at radius 2 is 1.72 bits per heavy atom. The predicted octanol–water partition coefficient (Wildman–Crippen LogP) is 2.49. The van der Waals surface area contributed by atoms with E-state index in [0.29, 0.717) is 0 Å². The number of fused-ring (bicyclic) bond motifs is 2. The van der Waals surface area contributed by atoms with Gasteiger partial charge < -0.3 is 5.73 Å². The van der Waals surface area contributed by atoms with Crippen LogP contribution in [0.3, 0.4) is 0 Å². The Bertz CT molecular complexity index is 362. The lowest BCUT2D eigenvalue weighted by atomic mass is 9.82. The maximum absolute atomic E-state index is 5.76. The van der Waals surface area contributed by atoms with Gasteiger partial charge in [-0.15, -0.1) is 0 Å². The van der Waals surface area contributed by atoms with E-state index in [9.17, 15) is 0 Å². The standard InChI is InChI=1S/C16H24N2/c17-9-8-16-14-6-7-15(16)12-18(11-14)10-13-4-2-1-3-5-13/h1-5,14-16H,6-12,17H2. The van der Waals surface area contributed by atoms with Crippen LogP contribution in [0.15, 0.2) is 30.3 Å². The molecule has 1 aliphatic heterocycles. The van der Waals surface area contributed by atoms with Crippen LogP contribution in [0.5, 0.6) is 0 Å². The van der Waals surface area contributed by atoms with Crippen molar-refractivity contribution in [2.75, 3.05) is 19.6 Å². The summed E-state index contributed by atoms with van der Waals surface area (Å²) in [6.07, 6.45) is 4.11. The zero-order chi connectivity index (χ0) is 12.4. The molecule has 0 aromatic heterocycles. The highest BCUT2D eigenvalue weighted by molar-refractivity contribution is 5.14. The van der Waals surface area contributed by atoms with Gasteiger partial charge >= 0.3 is 0 Å². The minimum atomic E-state index is 0.871. The molecule has 2 unspecified atom stereocenters. The molecule has 1 aromatic carbocycles. The summed E-state index contributed by atoms with van der Waals surface area (Å²) in [6, 6.07) is 10.9. The third-order valence-electron chi connectivity index (χ3n) is 4.85. The van der Waals surface area contributed by atoms with Crippen molar-refractivity contribution in [3.8, 4) is 0 Å². The first-order chi connectivity index (χ1) is 8.86. The molecule has 2 heteroatoms. The van der Waals surface area contributed by atoms with Crippen LogP contribution in [0.1, 0.15) is 24.8 Å². The summed E-state index contributed by atoms with van der Waals surface area (Å²) in [5.74, 6) is 2.74. The molecular formula is C16H24N2.